The fourth-order valence-corrected chi connectivity index (χ4v) is 2.06. The molecule has 14 heteroatoms. The molecule has 0 heterocycles. The summed E-state index contributed by atoms with van der Waals surface area (Å²) in [5.41, 5.74) is -3.39. The molecule has 0 aliphatic heterocycles. The van der Waals surface area contributed by atoms with E-state index in [-0.39, 0.29) is 25.6 Å². The molecular weight excluding hydrogens is 433 g/mol. The van der Waals surface area contributed by atoms with Crippen LogP contribution < -0.4 is 0 Å². The maximum atomic E-state index is 14.2. The standard InChI is InChI=1S/C13H14ClF11O2/c1-9(26-2,5-3-4-6-14)10(18,19)11(20,21)12(22,23)13(24,25)27-8(17)7(15)16/h3-6H2,1-2H3. The highest BCUT2D eigenvalue weighted by molar-refractivity contribution is 6.17. The van der Waals surface area contributed by atoms with Crippen molar-refractivity contribution in [1.82, 2.24) is 0 Å². The third kappa shape index (κ3) is 4.72. The summed E-state index contributed by atoms with van der Waals surface area (Å²) >= 11 is 5.27. The third-order valence-electron chi connectivity index (χ3n) is 3.67. The zero-order chi connectivity index (χ0) is 21.9. The van der Waals surface area contributed by atoms with Gasteiger partial charge in [-0.3, -0.25) is 0 Å². The van der Waals surface area contributed by atoms with Gasteiger partial charge in [0.2, 0.25) is 0 Å². The lowest BCUT2D eigenvalue weighted by molar-refractivity contribution is -0.438. The van der Waals surface area contributed by atoms with E-state index in [1.807, 2.05) is 0 Å². The molecular formula is C13H14ClF11O2. The van der Waals surface area contributed by atoms with E-state index in [2.05, 4.69) is 9.47 Å². The fourth-order valence-electron chi connectivity index (χ4n) is 1.87. The number of unbranched alkanes of at least 4 members (excludes halogenated alkanes) is 1. The zero-order valence-electron chi connectivity index (χ0n) is 13.7. The van der Waals surface area contributed by atoms with Gasteiger partial charge in [0.25, 0.3) is 0 Å². The van der Waals surface area contributed by atoms with Crippen LogP contribution in [0.5, 0.6) is 0 Å². The van der Waals surface area contributed by atoms with Crippen LogP contribution in [-0.4, -0.2) is 42.5 Å². The molecule has 0 aromatic rings. The van der Waals surface area contributed by atoms with Crippen LogP contribution in [0.4, 0.5) is 48.3 Å². The van der Waals surface area contributed by atoms with E-state index in [9.17, 15) is 48.3 Å². The molecule has 1 atom stereocenters. The van der Waals surface area contributed by atoms with Gasteiger partial charge in [-0.05, 0) is 26.2 Å². The summed E-state index contributed by atoms with van der Waals surface area (Å²) in [7, 11) is 0.443. The second-order valence-corrected chi connectivity index (χ2v) is 5.84. The minimum atomic E-state index is -7.11. The van der Waals surface area contributed by atoms with E-state index in [0.29, 0.717) is 7.11 Å². The molecule has 0 saturated heterocycles. The Balaban J connectivity index is 6.05. The second-order valence-electron chi connectivity index (χ2n) is 5.46. The maximum absolute atomic E-state index is 14.2. The summed E-state index contributed by atoms with van der Waals surface area (Å²) in [6.07, 6.45) is -11.8. The van der Waals surface area contributed by atoms with Gasteiger partial charge in [-0.1, -0.05) is 0 Å². The Bertz CT molecular complexity index is 534. The summed E-state index contributed by atoms with van der Waals surface area (Å²) in [6, 6.07) is -3.63. The van der Waals surface area contributed by atoms with Crippen LogP contribution in [0.3, 0.4) is 0 Å². The van der Waals surface area contributed by atoms with Crippen molar-refractivity contribution in [3.05, 3.63) is 12.1 Å². The molecule has 0 aromatic carbocycles. The van der Waals surface area contributed by atoms with Crippen molar-refractivity contribution in [3.8, 4) is 0 Å². The fraction of sp³-hybridized carbons (Fsp3) is 0.846. The average molecular weight is 447 g/mol. The van der Waals surface area contributed by atoms with Crippen molar-refractivity contribution in [3.63, 3.8) is 0 Å². The first-order valence-corrected chi connectivity index (χ1v) is 7.50. The Morgan fingerprint density at radius 2 is 1.30 bits per heavy atom. The molecule has 0 aliphatic carbocycles. The Labute approximate surface area is 151 Å². The molecule has 0 aliphatic rings. The lowest BCUT2D eigenvalue weighted by Crippen LogP contribution is -2.69. The molecule has 0 bridgehead atoms. The molecule has 0 aromatic heterocycles. The van der Waals surface area contributed by atoms with Crippen LogP contribution in [0.2, 0.25) is 0 Å². The van der Waals surface area contributed by atoms with Crippen molar-refractivity contribution in [1.29, 1.82) is 0 Å². The largest absolute Gasteiger partial charge is 0.472 e. The molecule has 0 fully saturated rings. The lowest BCUT2D eigenvalue weighted by Gasteiger charge is -2.43. The molecule has 0 radical (unpaired) electrons. The van der Waals surface area contributed by atoms with Gasteiger partial charge in [-0.15, -0.1) is 11.6 Å². The highest BCUT2D eigenvalue weighted by Gasteiger charge is 2.85. The van der Waals surface area contributed by atoms with Crippen molar-refractivity contribution in [2.45, 2.75) is 55.7 Å². The maximum Gasteiger partial charge on any atom is 0.472 e. The molecule has 0 N–H and O–H groups in total. The Kier molecular flexibility index (Phi) is 8.27. The van der Waals surface area contributed by atoms with Crippen LogP contribution in [0.25, 0.3) is 0 Å². The first-order chi connectivity index (χ1) is 11.9. The Morgan fingerprint density at radius 1 is 0.815 bits per heavy atom. The van der Waals surface area contributed by atoms with Gasteiger partial charge in [0.1, 0.15) is 5.60 Å². The highest BCUT2D eigenvalue weighted by Crippen LogP contribution is 2.57. The number of hydrogen-bond acceptors (Lipinski definition) is 2. The number of ether oxygens (including phenoxy) is 2. The Hall–Kier alpha value is -0.980. The van der Waals surface area contributed by atoms with Crippen LogP contribution in [-0.2, 0) is 9.47 Å². The van der Waals surface area contributed by atoms with E-state index in [4.69, 9.17) is 11.6 Å². The van der Waals surface area contributed by atoms with Crippen molar-refractivity contribution >= 4 is 11.6 Å². The summed E-state index contributed by atoms with van der Waals surface area (Å²) in [4.78, 5) is 0. The van der Waals surface area contributed by atoms with Gasteiger partial charge >= 0.3 is 36.0 Å². The summed E-state index contributed by atoms with van der Waals surface area (Å²) in [5, 5.41) is 0. The number of alkyl halides is 9. The first-order valence-electron chi connectivity index (χ1n) is 6.97. The number of rotatable bonds is 11. The average Bonchev–Trinajstić information content (AvgIpc) is 2.53. The van der Waals surface area contributed by atoms with Gasteiger partial charge < -0.3 is 9.47 Å². The van der Waals surface area contributed by atoms with Crippen LogP contribution in [0.15, 0.2) is 12.1 Å². The molecule has 0 spiro atoms. The van der Waals surface area contributed by atoms with E-state index >= 15 is 0 Å². The van der Waals surface area contributed by atoms with Gasteiger partial charge in [0, 0.05) is 13.0 Å². The molecule has 162 valence electrons. The second kappa shape index (κ2) is 8.58. The first kappa shape index (κ1) is 26.0. The highest BCUT2D eigenvalue weighted by atomic mass is 35.5. The van der Waals surface area contributed by atoms with E-state index in [1.54, 1.807) is 0 Å². The van der Waals surface area contributed by atoms with Gasteiger partial charge in [0.15, 0.2) is 0 Å². The minimum absolute atomic E-state index is 0.0242. The topological polar surface area (TPSA) is 18.5 Å². The molecule has 2 nitrogen and oxygen atoms in total. The molecule has 0 saturated carbocycles. The number of methoxy groups -OCH3 is 1. The molecule has 27 heavy (non-hydrogen) atoms. The predicted molar refractivity (Wildman–Crippen MR) is 71.2 cm³/mol. The number of halogens is 12. The molecule has 0 rings (SSSR count). The smallest absolute Gasteiger partial charge is 0.397 e. The third-order valence-corrected chi connectivity index (χ3v) is 3.94. The Morgan fingerprint density at radius 3 is 1.67 bits per heavy atom. The van der Waals surface area contributed by atoms with Gasteiger partial charge in [-0.2, -0.15) is 48.3 Å². The quantitative estimate of drug-likeness (QED) is 0.159. The minimum Gasteiger partial charge on any atom is -0.397 e. The molecule has 0 amide bonds. The van der Waals surface area contributed by atoms with Crippen LogP contribution in [0.1, 0.15) is 26.2 Å². The van der Waals surface area contributed by atoms with E-state index < -0.39 is 48.0 Å². The normalized spacial score (nSPS) is 16.1. The van der Waals surface area contributed by atoms with Crippen molar-refractivity contribution in [2.75, 3.05) is 13.0 Å². The van der Waals surface area contributed by atoms with Crippen molar-refractivity contribution < 1.29 is 57.8 Å². The van der Waals surface area contributed by atoms with Crippen LogP contribution >= 0.6 is 11.6 Å². The zero-order valence-corrected chi connectivity index (χ0v) is 14.4. The monoisotopic (exact) mass is 446 g/mol. The SMILES string of the molecule is COC(C)(CCCCCl)C(F)(F)C(F)(F)C(F)(F)C(F)(F)OC(F)=C(F)F. The lowest BCUT2D eigenvalue weighted by atomic mass is 9.84. The van der Waals surface area contributed by atoms with E-state index in [0.717, 1.165) is 0 Å². The summed E-state index contributed by atoms with van der Waals surface area (Å²) < 4.78 is 152. The number of hydrogen-bond donors (Lipinski definition) is 0. The van der Waals surface area contributed by atoms with Gasteiger partial charge in [0.05, 0.1) is 0 Å². The van der Waals surface area contributed by atoms with Crippen molar-refractivity contribution in [2.24, 2.45) is 0 Å². The summed E-state index contributed by atoms with van der Waals surface area (Å²) in [5.74, 6) is -20.1. The summed E-state index contributed by atoms with van der Waals surface area (Å²) in [6.45, 7) is 0.256. The van der Waals surface area contributed by atoms with Gasteiger partial charge in [-0.25, -0.2) is 0 Å². The van der Waals surface area contributed by atoms with E-state index in [1.165, 1.54) is 0 Å². The predicted octanol–water partition coefficient (Wildman–Crippen LogP) is 6.35. The van der Waals surface area contributed by atoms with Crippen LogP contribution in [0, 0.1) is 0 Å². The molecule has 1 unspecified atom stereocenters.